The zero-order valence-corrected chi connectivity index (χ0v) is 17.9. The van der Waals surface area contributed by atoms with E-state index in [1.807, 2.05) is 22.9 Å². The molecule has 3 N–H and O–H groups in total. The number of carbonyl (C=O) groups excluding carboxylic acids is 1. The minimum absolute atomic E-state index is 0.00604. The van der Waals surface area contributed by atoms with E-state index >= 15 is 0 Å². The highest BCUT2D eigenvalue weighted by Crippen LogP contribution is 2.27. The van der Waals surface area contributed by atoms with Crippen LogP contribution in [-0.4, -0.2) is 29.1 Å². The van der Waals surface area contributed by atoms with Crippen molar-refractivity contribution in [2.24, 2.45) is 5.14 Å². The molecule has 9 heteroatoms. The first-order chi connectivity index (χ1) is 13.7. The van der Waals surface area contributed by atoms with E-state index in [2.05, 4.69) is 30.2 Å². The van der Waals surface area contributed by atoms with Crippen molar-refractivity contribution in [3.63, 3.8) is 0 Å². The van der Waals surface area contributed by atoms with Gasteiger partial charge in [-0.15, -0.1) is 0 Å². The minimum atomic E-state index is -3.76. The number of amides is 1. The van der Waals surface area contributed by atoms with Crippen LogP contribution in [0.15, 0.2) is 64.9 Å². The molecule has 0 radical (unpaired) electrons. The largest absolute Gasteiger partial charge is 0.325 e. The van der Waals surface area contributed by atoms with Crippen LogP contribution in [0.1, 0.15) is 18.1 Å². The number of benzene rings is 2. The lowest BCUT2D eigenvalue weighted by Gasteiger charge is -2.15. The highest BCUT2D eigenvalue weighted by molar-refractivity contribution is 8.00. The van der Waals surface area contributed by atoms with Crippen LogP contribution in [0.4, 0.5) is 5.69 Å². The zero-order chi connectivity index (χ0) is 21.2. The van der Waals surface area contributed by atoms with Crippen molar-refractivity contribution in [3.8, 4) is 5.69 Å². The normalized spacial score (nSPS) is 12.6. The van der Waals surface area contributed by atoms with Crippen molar-refractivity contribution in [2.75, 3.05) is 5.32 Å². The van der Waals surface area contributed by atoms with E-state index in [1.54, 1.807) is 13.1 Å². The van der Waals surface area contributed by atoms with Gasteiger partial charge in [-0.25, -0.2) is 18.5 Å². The van der Waals surface area contributed by atoms with E-state index in [-0.39, 0.29) is 10.8 Å². The Hall–Kier alpha value is -2.62. The summed E-state index contributed by atoms with van der Waals surface area (Å²) in [5.41, 5.74) is 3.85. The molecular formula is C20H22N4O3S2. The Morgan fingerprint density at radius 2 is 1.86 bits per heavy atom. The summed E-state index contributed by atoms with van der Waals surface area (Å²) >= 11 is 1.34. The second-order valence-corrected chi connectivity index (χ2v) is 9.49. The number of thioether (sulfide) groups is 1. The molecule has 152 valence electrons. The second kappa shape index (κ2) is 8.40. The van der Waals surface area contributed by atoms with Crippen molar-refractivity contribution in [2.45, 2.75) is 36.1 Å². The number of aryl methyl sites for hydroxylation is 1. The first-order valence-electron chi connectivity index (χ1n) is 8.87. The molecule has 3 rings (SSSR count). The number of nitrogens with one attached hydrogen (secondary N) is 1. The maximum atomic E-state index is 12.6. The van der Waals surface area contributed by atoms with Crippen LogP contribution in [0.3, 0.4) is 0 Å². The third-order valence-electron chi connectivity index (χ3n) is 4.54. The molecule has 0 spiro atoms. The molecule has 0 fully saturated rings. The number of sulfonamides is 1. The number of hydrogen-bond acceptors (Lipinski definition) is 5. The molecule has 0 aliphatic carbocycles. The predicted molar refractivity (Wildman–Crippen MR) is 115 cm³/mol. The maximum Gasteiger partial charge on any atom is 0.238 e. The summed E-state index contributed by atoms with van der Waals surface area (Å²) < 4.78 is 24.6. The van der Waals surface area contributed by atoms with Crippen LogP contribution in [-0.2, 0) is 14.8 Å². The van der Waals surface area contributed by atoms with Crippen LogP contribution in [0.5, 0.6) is 0 Å². The van der Waals surface area contributed by atoms with Crippen LogP contribution in [0.2, 0.25) is 0 Å². The van der Waals surface area contributed by atoms with E-state index < -0.39 is 15.3 Å². The molecule has 0 saturated carbocycles. The fourth-order valence-electron chi connectivity index (χ4n) is 2.74. The Labute approximate surface area is 174 Å². The van der Waals surface area contributed by atoms with Gasteiger partial charge in [-0.2, -0.15) is 0 Å². The molecule has 0 bridgehead atoms. The Morgan fingerprint density at radius 3 is 2.52 bits per heavy atom. The van der Waals surface area contributed by atoms with Gasteiger partial charge in [-0.05, 0) is 62.2 Å². The van der Waals surface area contributed by atoms with Crippen molar-refractivity contribution in [3.05, 3.63) is 66.0 Å². The summed E-state index contributed by atoms with van der Waals surface area (Å²) in [6.07, 6.45) is 3.58. The lowest BCUT2D eigenvalue weighted by molar-refractivity contribution is -0.115. The Balaban J connectivity index is 1.73. The first kappa shape index (κ1) is 21.1. The fourth-order valence-corrected chi connectivity index (χ4v) is 4.13. The van der Waals surface area contributed by atoms with Gasteiger partial charge in [0.1, 0.15) is 0 Å². The highest BCUT2D eigenvalue weighted by atomic mass is 32.2. The minimum Gasteiger partial charge on any atom is -0.325 e. The summed E-state index contributed by atoms with van der Waals surface area (Å²) in [6.45, 7) is 5.90. The van der Waals surface area contributed by atoms with Crippen molar-refractivity contribution < 1.29 is 13.2 Å². The van der Waals surface area contributed by atoms with Crippen LogP contribution < -0.4 is 10.5 Å². The number of nitrogens with two attached hydrogens (primary N) is 1. The zero-order valence-electron chi connectivity index (χ0n) is 16.3. The second-order valence-electron chi connectivity index (χ2n) is 6.62. The molecule has 1 aromatic heterocycles. The van der Waals surface area contributed by atoms with Gasteiger partial charge in [0.25, 0.3) is 0 Å². The van der Waals surface area contributed by atoms with E-state index in [1.165, 1.54) is 41.6 Å². The summed E-state index contributed by atoms with van der Waals surface area (Å²) in [5, 5.41) is 8.16. The lowest BCUT2D eigenvalue weighted by Crippen LogP contribution is -2.23. The molecule has 0 unspecified atom stereocenters. The molecule has 0 saturated heterocycles. The van der Waals surface area contributed by atoms with Crippen molar-refractivity contribution >= 4 is 33.4 Å². The maximum absolute atomic E-state index is 12.6. The van der Waals surface area contributed by atoms with Crippen molar-refractivity contribution in [1.82, 2.24) is 9.55 Å². The fraction of sp³-hybridized carbons (Fsp3) is 0.200. The monoisotopic (exact) mass is 430 g/mol. The first-order valence-corrected chi connectivity index (χ1v) is 11.3. The molecule has 1 atom stereocenters. The molecule has 1 amide bonds. The summed E-state index contributed by atoms with van der Waals surface area (Å²) in [4.78, 5) is 17.0. The summed E-state index contributed by atoms with van der Waals surface area (Å²) in [7, 11) is -3.76. The van der Waals surface area contributed by atoms with E-state index in [4.69, 9.17) is 5.14 Å². The Kier molecular flexibility index (Phi) is 6.11. The molecule has 7 nitrogen and oxygen atoms in total. The summed E-state index contributed by atoms with van der Waals surface area (Å²) in [6, 6.07) is 11.8. The van der Waals surface area contributed by atoms with Crippen molar-refractivity contribution in [1.29, 1.82) is 0 Å². The number of anilines is 1. The number of rotatable bonds is 6. The SMILES string of the molecule is Cc1cccc(-n2ccnc2S[C@H](C)C(=O)Nc2ccc(S(N)(=O)=O)cc2)c1C. The Morgan fingerprint density at radius 1 is 1.17 bits per heavy atom. The van der Waals surface area contributed by atoms with Gasteiger partial charge < -0.3 is 5.32 Å². The molecular weight excluding hydrogens is 408 g/mol. The third-order valence-corrected chi connectivity index (χ3v) is 6.55. The number of primary sulfonamides is 1. The number of imidazole rings is 1. The number of carbonyl (C=O) groups is 1. The quantitative estimate of drug-likeness (QED) is 0.584. The van der Waals surface area contributed by atoms with Gasteiger partial charge in [0.15, 0.2) is 5.16 Å². The van der Waals surface area contributed by atoms with Gasteiger partial charge in [0.2, 0.25) is 15.9 Å². The van der Waals surface area contributed by atoms with E-state index in [0.717, 1.165) is 11.3 Å². The van der Waals surface area contributed by atoms with Gasteiger partial charge >= 0.3 is 0 Å². The Bertz CT molecular complexity index is 1140. The highest BCUT2D eigenvalue weighted by Gasteiger charge is 2.19. The number of hydrogen-bond donors (Lipinski definition) is 2. The van der Waals surface area contributed by atoms with E-state index in [9.17, 15) is 13.2 Å². The smallest absolute Gasteiger partial charge is 0.238 e. The molecule has 29 heavy (non-hydrogen) atoms. The predicted octanol–water partition coefficient (Wildman–Crippen LogP) is 3.26. The molecule has 3 aromatic rings. The molecule has 2 aromatic carbocycles. The third kappa shape index (κ3) is 4.87. The standard InChI is InChI=1S/C20H22N4O3S2/c1-13-5-4-6-18(14(13)2)24-12-11-22-20(24)28-15(3)19(25)23-16-7-9-17(10-8-16)29(21,26)27/h4-12,15H,1-3H3,(H,23,25)(H2,21,26,27)/t15-/m1/s1. The number of nitrogens with zero attached hydrogens (tertiary/aromatic N) is 2. The average molecular weight is 431 g/mol. The topological polar surface area (TPSA) is 107 Å². The molecule has 1 heterocycles. The van der Waals surface area contributed by atoms with Crippen LogP contribution >= 0.6 is 11.8 Å². The van der Waals surface area contributed by atoms with Gasteiger partial charge in [-0.1, -0.05) is 23.9 Å². The molecule has 0 aliphatic rings. The van der Waals surface area contributed by atoms with Gasteiger partial charge in [0.05, 0.1) is 15.8 Å². The average Bonchev–Trinajstić information content (AvgIpc) is 3.11. The van der Waals surface area contributed by atoms with Gasteiger partial charge in [-0.3, -0.25) is 9.36 Å². The van der Waals surface area contributed by atoms with Gasteiger partial charge in [0, 0.05) is 18.1 Å². The lowest BCUT2D eigenvalue weighted by atomic mass is 10.1. The van der Waals surface area contributed by atoms with E-state index in [0.29, 0.717) is 10.8 Å². The summed E-state index contributed by atoms with van der Waals surface area (Å²) in [5.74, 6) is -0.214. The molecule has 0 aliphatic heterocycles. The van der Waals surface area contributed by atoms with Crippen LogP contribution in [0.25, 0.3) is 5.69 Å². The van der Waals surface area contributed by atoms with Crippen LogP contribution in [0, 0.1) is 13.8 Å². The number of aromatic nitrogens is 2.